The highest BCUT2D eigenvalue weighted by atomic mass is 79.9. The topological polar surface area (TPSA) is 68.3 Å². The molecule has 1 N–H and O–H groups in total. The quantitative estimate of drug-likeness (QED) is 0.840. The maximum absolute atomic E-state index is 11.7. The molecule has 0 bridgehead atoms. The number of benzene rings is 1. The van der Waals surface area contributed by atoms with E-state index < -0.39 is 18.5 Å². The van der Waals surface area contributed by atoms with Crippen molar-refractivity contribution in [2.45, 2.75) is 0 Å². The second-order valence-corrected chi connectivity index (χ2v) is 5.34. The number of hydrogen-bond donors (Lipinski definition) is 1. The first-order chi connectivity index (χ1) is 10.0. The number of halogens is 2. The average molecular weight is 370 g/mol. The van der Waals surface area contributed by atoms with Crippen LogP contribution in [0.3, 0.4) is 0 Å². The van der Waals surface area contributed by atoms with Crippen molar-refractivity contribution in [3.63, 3.8) is 0 Å². The molecule has 1 aromatic heterocycles. The Morgan fingerprint density at radius 1 is 1.24 bits per heavy atom. The Morgan fingerprint density at radius 2 is 1.95 bits per heavy atom. The minimum Gasteiger partial charge on any atom is -0.451 e. The van der Waals surface area contributed by atoms with Crippen molar-refractivity contribution in [2.75, 3.05) is 11.9 Å². The van der Waals surface area contributed by atoms with E-state index in [2.05, 4.69) is 26.2 Å². The molecule has 0 saturated heterocycles. The van der Waals surface area contributed by atoms with Gasteiger partial charge < -0.3 is 10.1 Å². The maximum Gasteiger partial charge on any atom is 0.357 e. The summed E-state index contributed by atoms with van der Waals surface area (Å²) in [6, 6.07) is 9.94. The van der Waals surface area contributed by atoms with Crippen molar-refractivity contribution in [2.24, 2.45) is 0 Å². The number of ether oxygens (including phenoxy) is 1. The Morgan fingerprint density at radius 3 is 2.62 bits per heavy atom. The van der Waals surface area contributed by atoms with Crippen LogP contribution in [0.2, 0.25) is 5.02 Å². The van der Waals surface area contributed by atoms with Gasteiger partial charge in [0, 0.05) is 21.4 Å². The standard InChI is InChI=1S/C14H10BrClN2O3/c15-9-1-3-11(4-2-9)18-13(19)8-21-14(20)12-7-10(16)5-6-17-12/h1-7H,8H2,(H,18,19). The van der Waals surface area contributed by atoms with E-state index in [0.717, 1.165) is 4.47 Å². The lowest BCUT2D eigenvalue weighted by molar-refractivity contribution is -0.119. The fourth-order valence-electron chi connectivity index (χ4n) is 1.45. The van der Waals surface area contributed by atoms with Gasteiger partial charge in [0.1, 0.15) is 5.69 Å². The molecule has 0 spiro atoms. The van der Waals surface area contributed by atoms with E-state index in [1.807, 2.05) is 0 Å². The molecule has 108 valence electrons. The van der Waals surface area contributed by atoms with Gasteiger partial charge >= 0.3 is 5.97 Å². The van der Waals surface area contributed by atoms with Gasteiger partial charge in [0.05, 0.1) is 0 Å². The number of esters is 1. The third kappa shape index (κ3) is 4.84. The van der Waals surface area contributed by atoms with Crippen LogP contribution in [0.25, 0.3) is 0 Å². The fourth-order valence-corrected chi connectivity index (χ4v) is 1.88. The molecule has 5 nitrogen and oxygen atoms in total. The molecule has 7 heteroatoms. The zero-order valence-corrected chi connectivity index (χ0v) is 13.0. The normalized spacial score (nSPS) is 10.0. The number of amides is 1. The number of carbonyl (C=O) groups excluding carboxylic acids is 2. The van der Waals surface area contributed by atoms with Crippen molar-refractivity contribution in [3.05, 3.63) is 57.8 Å². The van der Waals surface area contributed by atoms with Gasteiger partial charge in [-0.1, -0.05) is 27.5 Å². The molecule has 0 radical (unpaired) electrons. The molecule has 1 aromatic carbocycles. The number of nitrogens with one attached hydrogen (secondary N) is 1. The second-order valence-electron chi connectivity index (χ2n) is 3.99. The van der Waals surface area contributed by atoms with Crippen molar-refractivity contribution >= 4 is 45.1 Å². The highest BCUT2D eigenvalue weighted by molar-refractivity contribution is 9.10. The SMILES string of the molecule is O=C(COC(=O)c1cc(Cl)ccn1)Nc1ccc(Br)cc1. The highest BCUT2D eigenvalue weighted by Crippen LogP contribution is 2.14. The van der Waals surface area contributed by atoms with E-state index in [1.54, 1.807) is 30.3 Å². The van der Waals surface area contributed by atoms with E-state index in [0.29, 0.717) is 10.7 Å². The van der Waals surface area contributed by atoms with Crippen LogP contribution in [0.5, 0.6) is 0 Å². The summed E-state index contributed by atoms with van der Waals surface area (Å²) in [6.07, 6.45) is 1.39. The van der Waals surface area contributed by atoms with Crippen molar-refractivity contribution in [1.82, 2.24) is 4.98 Å². The molecular formula is C14H10BrClN2O3. The highest BCUT2D eigenvalue weighted by Gasteiger charge is 2.12. The van der Waals surface area contributed by atoms with E-state index in [4.69, 9.17) is 16.3 Å². The minimum absolute atomic E-state index is 0.0546. The summed E-state index contributed by atoms with van der Waals surface area (Å²) >= 11 is 9.03. The van der Waals surface area contributed by atoms with Gasteiger partial charge in [-0.15, -0.1) is 0 Å². The van der Waals surface area contributed by atoms with Gasteiger partial charge in [0.15, 0.2) is 6.61 Å². The number of pyridine rings is 1. The number of rotatable bonds is 4. The predicted octanol–water partition coefficient (Wildman–Crippen LogP) is 3.29. The van der Waals surface area contributed by atoms with Crippen molar-refractivity contribution < 1.29 is 14.3 Å². The lowest BCUT2D eigenvalue weighted by Gasteiger charge is -2.06. The Labute approximate surface area is 134 Å². The van der Waals surface area contributed by atoms with Gasteiger partial charge in [-0.2, -0.15) is 0 Å². The number of aromatic nitrogens is 1. The summed E-state index contributed by atoms with van der Waals surface area (Å²) in [7, 11) is 0. The molecule has 0 aliphatic rings. The summed E-state index contributed by atoms with van der Waals surface area (Å²) in [6.45, 7) is -0.400. The molecule has 0 atom stereocenters. The van der Waals surface area contributed by atoms with Gasteiger partial charge in [0.25, 0.3) is 5.91 Å². The molecule has 2 aromatic rings. The summed E-state index contributed by atoms with van der Waals surface area (Å²) in [4.78, 5) is 27.1. The number of carbonyl (C=O) groups is 2. The summed E-state index contributed by atoms with van der Waals surface area (Å²) in [5, 5.41) is 2.98. The number of nitrogens with zero attached hydrogens (tertiary/aromatic N) is 1. The molecule has 2 rings (SSSR count). The van der Waals surface area contributed by atoms with Crippen LogP contribution in [0.1, 0.15) is 10.5 Å². The average Bonchev–Trinajstić information content (AvgIpc) is 2.47. The van der Waals surface area contributed by atoms with Crippen LogP contribution in [0.4, 0.5) is 5.69 Å². The van der Waals surface area contributed by atoms with E-state index >= 15 is 0 Å². The van der Waals surface area contributed by atoms with Gasteiger partial charge in [0.2, 0.25) is 0 Å². The smallest absolute Gasteiger partial charge is 0.357 e. The predicted molar refractivity (Wildman–Crippen MR) is 82.3 cm³/mol. The monoisotopic (exact) mass is 368 g/mol. The third-order valence-electron chi connectivity index (χ3n) is 2.39. The summed E-state index contributed by atoms with van der Waals surface area (Å²) in [5.41, 5.74) is 0.666. The molecule has 1 amide bonds. The Balaban J connectivity index is 1.86. The van der Waals surface area contributed by atoms with Gasteiger partial charge in [-0.3, -0.25) is 4.79 Å². The lowest BCUT2D eigenvalue weighted by Crippen LogP contribution is -2.21. The third-order valence-corrected chi connectivity index (χ3v) is 3.16. The molecule has 1 heterocycles. The Bertz CT molecular complexity index is 662. The van der Waals surface area contributed by atoms with Crippen LogP contribution in [0, 0.1) is 0 Å². The fraction of sp³-hybridized carbons (Fsp3) is 0.0714. The molecule has 21 heavy (non-hydrogen) atoms. The zero-order chi connectivity index (χ0) is 15.2. The molecule has 0 aliphatic heterocycles. The van der Waals surface area contributed by atoms with Crippen LogP contribution in [0.15, 0.2) is 47.1 Å². The van der Waals surface area contributed by atoms with E-state index in [9.17, 15) is 9.59 Å². The van der Waals surface area contributed by atoms with Crippen molar-refractivity contribution in [3.8, 4) is 0 Å². The van der Waals surface area contributed by atoms with E-state index in [1.165, 1.54) is 12.3 Å². The first-order valence-electron chi connectivity index (χ1n) is 5.89. The molecule has 0 fully saturated rings. The van der Waals surface area contributed by atoms with Crippen molar-refractivity contribution in [1.29, 1.82) is 0 Å². The molecule has 0 unspecified atom stereocenters. The van der Waals surface area contributed by atoms with Crippen LogP contribution in [-0.2, 0) is 9.53 Å². The minimum atomic E-state index is -0.705. The molecular weight excluding hydrogens is 360 g/mol. The van der Waals surface area contributed by atoms with Crippen LogP contribution < -0.4 is 5.32 Å². The largest absolute Gasteiger partial charge is 0.451 e. The second kappa shape index (κ2) is 7.19. The Kier molecular flexibility index (Phi) is 5.30. The lowest BCUT2D eigenvalue weighted by atomic mass is 10.3. The zero-order valence-electron chi connectivity index (χ0n) is 10.7. The van der Waals surface area contributed by atoms with Gasteiger partial charge in [-0.25, -0.2) is 9.78 Å². The first kappa shape index (κ1) is 15.5. The van der Waals surface area contributed by atoms with Gasteiger partial charge in [-0.05, 0) is 36.4 Å². The molecule has 0 saturated carbocycles. The maximum atomic E-state index is 11.7. The molecule has 0 aliphatic carbocycles. The van der Waals surface area contributed by atoms with E-state index in [-0.39, 0.29) is 5.69 Å². The first-order valence-corrected chi connectivity index (χ1v) is 7.06. The number of anilines is 1. The summed E-state index contributed by atoms with van der Waals surface area (Å²) < 4.78 is 5.76. The Hall–Kier alpha value is -1.92. The van der Waals surface area contributed by atoms with Crippen LogP contribution in [-0.4, -0.2) is 23.5 Å². The summed E-state index contributed by atoms with van der Waals surface area (Å²) in [5.74, 6) is -1.14. The van der Waals surface area contributed by atoms with Crippen LogP contribution >= 0.6 is 27.5 Å². The number of hydrogen-bond acceptors (Lipinski definition) is 4.